The predicted octanol–water partition coefficient (Wildman–Crippen LogP) is 7.03. The molecule has 41 heavy (non-hydrogen) atoms. The van der Waals surface area contributed by atoms with Crippen LogP contribution in [0.3, 0.4) is 0 Å². The molecule has 12 heteroatoms. The fraction of sp³-hybridized carbons (Fsp3) is 0.690. The molecule has 0 spiro atoms. The maximum Gasteiger partial charge on any atom is 0.433 e. The van der Waals surface area contributed by atoms with E-state index < -0.39 is 59.5 Å². The normalized spacial score (nSPS) is 24.7. The summed E-state index contributed by atoms with van der Waals surface area (Å²) in [7, 11) is 0. The number of ether oxygens (including phenoxy) is 1. The fourth-order valence-electron chi connectivity index (χ4n) is 5.74. The maximum atomic E-state index is 14.5. The highest BCUT2D eigenvalue weighted by molar-refractivity contribution is 6.40. The van der Waals surface area contributed by atoms with E-state index in [-0.39, 0.29) is 28.1 Å². The quantitative estimate of drug-likeness (QED) is 0.224. The summed E-state index contributed by atoms with van der Waals surface area (Å²) in [6, 6.07) is -0.566. The minimum atomic E-state index is -4.87. The second kappa shape index (κ2) is 13.6. The van der Waals surface area contributed by atoms with Crippen molar-refractivity contribution in [3.63, 3.8) is 0 Å². The first kappa shape index (κ1) is 33.6. The molecule has 1 saturated carbocycles. The van der Waals surface area contributed by atoms with Gasteiger partial charge in [-0.15, -0.1) is 0 Å². The van der Waals surface area contributed by atoms with Crippen LogP contribution >= 0.6 is 23.2 Å². The van der Waals surface area contributed by atoms with Crippen molar-refractivity contribution in [2.24, 2.45) is 5.92 Å². The molecule has 2 fully saturated rings. The van der Waals surface area contributed by atoms with Gasteiger partial charge in [-0.25, -0.2) is 0 Å². The molecule has 1 saturated heterocycles. The Kier molecular flexibility index (Phi) is 11.2. The molecule has 2 aliphatic rings. The number of allylic oxidation sites excluding steroid dienone is 3. The Hall–Kier alpha value is -1.88. The van der Waals surface area contributed by atoms with Crippen LogP contribution in [-0.2, 0) is 15.7 Å². The van der Waals surface area contributed by atoms with E-state index in [0.29, 0.717) is 44.9 Å². The molecule has 2 atom stereocenters. The van der Waals surface area contributed by atoms with E-state index in [1.165, 1.54) is 6.08 Å². The number of ketones is 1. The van der Waals surface area contributed by atoms with E-state index in [1.807, 2.05) is 13.8 Å². The Morgan fingerprint density at radius 1 is 1.24 bits per heavy atom. The van der Waals surface area contributed by atoms with Crippen LogP contribution in [-0.4, -0.2) is 62.4 Å². The summed E-state index contributed by atoms with van der Waals surface area (Å²) in [6.45, 7) is 8.24. The number of aromatic nitrogens is 2. The van der Waals surface area contributed by atoms with Gasteiger partial charge in [0.2, 0.25) is 0 Å². The highest BCUT2D eigenvalue weighted by atomic mass is 35.5. The summed E-state index contributed by atoms with van der Waals surface area (Å²) >= 11 is 12.6. The van der Waals surface area contributed by atoms with Crippen LogP contribution in [0.4, 0.5) is 13.2 Å². The molecule has 1 aromatic heterocycles. The monoisotopic (exact) mass is 621 g/mol. The number of Topliss-reactive ketones (excluding diaryl/α,β-unsaturated/α-hetero) is 1. The number of aliphatic hydroxyl groups is 1. The lowest BCUT2D eigenvalue weighted by molar-refractivity contribution is -0.145. The van der Waals surface area contributed by atoms with E-state index >= 15 is 0 Å². The molecule has 1 amide bonds. The van der Waals surface area contributed by atoms with Gasteiger partial charge in [0.25, 0.3) is 5.91 Å². The summed E-state index contributed by atoms with van der Waals surface area (Å²) in [5, 5.41) is 14.2. The van der Waals surface area contributed by atoms with Gasteiger partial charge < -0.3 is 14.7 Å². The molecular weight excluding hydrogens is 582 g/mol. The van der Waals surface area contributed by atoms with E-state index in [2.05, 4.69) is 5.10 Å². The Bertz CT molecular complexity index is 1170. The third-order valence-electron chi connectivity index (χ3n) is 8.02. The SMILES string of the molecule is CC=C(Cl)C(C(=O)CN(CC1CCC(C)(C)O1)C(=O)c1cnn(C2CCC(C(C)O)CC2)c1C(F)(F)F)=C(Cl)CC. The number of nitrogens with zero attached hydrogens (tertiary/aromatic N) is 3. The summed E-state index contributed by atoms with van der Waals surface area (Å²) < 4.78 is 50.5. The molecular formula is C29H40Cl2F3N3O4. The average Bonchev–Trinajstić information content (AvgIpc) is 3.51. The van der Waals surface area contributed by atoms with Crippen molar-refractivity contribution in [2.75, 3.05) is 13.1 Å². The second-order valence-corrected chi connectivity index (χ2v) is 12.4. The van der Waals surface area contributed by atoms with Gasteiger partial charge >= 0.3 is 6.18 Å². The van der Waals surface area contributed by atoms with Crippen molar-refractivity contribution in [1.29, 1.82) is 0 Å². The van der Waals surface area contributed by atoms with Gasteiger partial charge in [-0.2, -0.15) is 18.3 Å². The van der Waals surface area contributed by atoms with E-state index in [9.17, 15) is 27.9 Å². The molecule has 230 valence electrons. The zero-order valence-corrected chi connectivity index (χ0v) is 25.7. The average molecular weight is 623 g/mol. The first-order chi connectivity index (χ1) is 19.1. The van der Waals surface area contributed by atoms with Gasteiger partial charge in [-0.05, 0) is 78.6 Å². The van der Waals surface area contributed by atoms with Crippen molar-refractivity contribution >= 4 is 34.9 Å². The van der Waals surface area contributed by atoms with E-state index in [1.54, 1.807) is 20.8 Å². The van der Waals surface area contributed by atoms with Crippen molar-refractivity contribution in [3.8, 4) is 0 Å². The molecule has 1 aliphatic carbocycles. The molecule has 1 N–H and O–H groups in total. The Morgan fingerprint density at radius 3 is 2.37 bits per heavy atom. The van der Waals surface area contributed by atoms with Gasteiger partial charge in [0.1, 0.15) is 0 Å². The van der Waals surface area contributed by atoms with Gasteiger partial charge in [0, 0.05) is 16.6 Å². The number of amides is 1. The van der Waals surface area contributed by atoms with Crippen LogP contribution in [0.5, 0.6) is 0 Å². The van der Waals surface area contributed by atoms with Crippen LogP contribution in [0, 0.1) is 5.92 Å². The molecule has 1 aliphatic heterocycles. The number of aliphatic hydroxyl groups excluding tert-OH is 1. The summed E-state index contributed by atoms with van der Waals surface area (Å²) in [5.41, 5.74) is -2.18. The van der Waals surface area contributed by atoms with Gasteiger partial charge in [0.15, 0.2) is 11.5 Å². The van der Waals surface area contributed by atoms with Crippen LogP contribution in [0.15, 0.2) is 27.9 Å². The van der Waals surface area contributed by atoms with Gasteiger partial charge in [0.05, 0.1) is 47.7 Å². The molecule has 0 bridgehead atoms. The third-order valence-corrected chi connectivity index (χ3v) is 8.88. The largest absolute Gasteiger partial charge is 0.433 e. The van der Waals surface area contributed by atoms with E-state index in [0.717, 1.165) is 15.8 Å². The maximum absolute atomic E-state index is 14.5. The number of alkyl halides is 3. The lowest BCUT2D eigenvalue weighted by atomic mass is 9.83. The third kappa shape index (κ3) is 8.15. The molecule has 0 radical (unpaired) electrons. The number of carbonyl (C=O) groups excluding carboxylic acids is 2. The van der Waals surface area contributed by atoms with Crippen LogP contribution in [0.1, 0.15) is 102 Å². The Morgan fingerprint density at radius 2 is 1.88 bits per heavy atom. The minimum Gasteiger partial charge on any atom is -0.393 e. The first-order valence-corrected chi connectivity index (χ1v) is 14.9. The van der Waals surface area contributed by atoms with Crippen LogP contribution in [0.2, 0.25) is 0 Å². The number of hydrogen-bond donors (Lipinski definition) is 1. The number of halogens is 5. The molecule has 1 aromatic rings. The van der Waals surface area contributed by atoms with Gasteiger partial charge in [-0.1, -0.05) is 36.2 Å². The topological polar surface area (TPSA) is 84.7 Å². The Balaban J connectivity index is 1.99. The summed E-state index contributed by atoms with van der Waals surface area (Å²) in [4.78, 5) is 28.4. The van der Waals surface area contributed by atoms with Crippen molar-refractivity contribution < 1.29 is 32.6 Å². The summed E-state index contributed by atoms with van der Waals surface area (Å²) in [5.74, 6) is -1.54. The first-order valence-electron chi connectivity index (χ1n) is 14.1. The van der Waals surface area contributed by atoms with Gasteiger partial charge in [-0.3, -0.25) is 14.3 Å². The predicted molar refractivity (Wildman–Crippen MR) is 152 cm³/mol. The smallest absolute Gasteiger partial charge is 0.393 e. The van der Waals surface area contributed by atoms with E-state index in [4.69, 9.17) is 27.9 Å². The van der Waals surface area contributed by atoms with Crippen molar-refractivity contribution in [3.05, 3.63) is 39.2 Å². The zero-order valence-electron chi connectivity index (χ0n) is 24.2. The van der Waals surface area contributed by atoms with Crippen LogP contribution in [0.25, 0.3) is 0 Å². The number of hydrogen-bond acceptors (Lipinski definition) is 5. The molecule has 2 heterocycles. The minimum absolute atomic E-state index is 0.00982. The zero-order chi connectivity index (χ0) is 30.7. The Labute approximate surface area is 249 Å². The molecule has 7 nitrogen and oxygen atoms in total. The van der Waals surface area contributed by atoms with Crippen LogP contribution < -0.4 is 0 Å². The standard InChI is InChI=1S/C29H40Cl2F3N3O4/c1-6-22(30)25(23(31)7-2)24(39)16-36(15-20-12-13-28(4,5)41-20)27(40)21-14-35-37(26(21)29(32,33)34)19-10-8-18(9-11-19)17(3)38/h6,14,17-20,38H,7-13,15-16H2,1-5H3. The number of carbonyl (C=O) groups is 2. The molecule has 2 unspecified atom stereocenters. The van der Waals surface area contributed by atoms with Crippen molar-refractivity contribution in [1.82, 2.24) is 14.7 Å². The number of rotatable bonds is 10. The molecule has 0 aromatic carbocycles. The highest BCUT2D eigenvalue weighted by Gasteiger charge is 2.44. The summed E-state index contributed by atoms with van der Waals surface area (Å²) in [6.07, 6.45) is 0.0526. The molecule has 3 rings (SSSR count). The lowest BCUT2D eigenvalue weighted by Crippen LogP contribution is -2.42. The lowest BCUT2D eigenvalue weighted by Gasteiger charge is -2.31. The second-order valence-electron chi connectivity index (χ2n) is 11.6. The highest BCUT2D eigenvalue weighted by Crippen LogP contribution is 2.40. The fourth-order valence-corrected chi connectivity index (χ4v) is 6.21. The van der Waals surface area contributed by atoms with Crippen molar-refractivity contribution in [2.45, 2.75) is 110 Å².